The Morgan fingerprint density at radius 3 is 0.920 bits per heavy atom. The number of benzene rings is 4. The van der Waals surface area contributed by atoms with Crippen LogP contribution in [0, 0.1) is 11.8 Å². The molecule has 0 fully saturated rings. The molecule has 0 saturated heterocycles. The van der Waals surface area contributed by atoms with Crippen LogP contribution in [0.15, 0.2) is 84.9 Å². The third kappa shape index (κ3) is 37.4. The number of carbonyl (C=O) groups is 4. The van der Waals surface area contributed by atoms with Gasteiger partial charge in [-0.1, -0.05) is 106 Å². The van der Waals surface area contributed by atoms with Gasteiger partial charge in [0.2, 0.25) is 35.7 Å². The summed E-state index contributed by atoms with van der Waals surface area (Å²) in [7, 11) is -15.3. The van der Waals surface area contributed by atoms with Crippen LogP contribution in [0.3, 0.4) is 0 Å². The first-order valence-electron chi connectivity index (χ1n) is 39.6. The molecule has 6 aromatic rings. The zero-order chi connectivity index (χ0) is 83.5. The van der Waals surface area contributed by atoms with Crippen LogP contribution < -0.4 is 31.9 Å². The molecule has 0 aliphatic carbocycles. The lowest BCUT2D eigenvalue weighted by Crippen LogP contribution is -2.52. The van der Waals surface area contributed by atoms with E-state index in [4.69, 9.17) is 35.4 Å². The van der Waals surface area contributed by atoms with Crippen molar-refractivity contribution in [3.05, 3.63) is 107 Å². The van der Waals surface area contributed by atoms with Gasteiger partial charge in [0.05, 0.1) is 52.9 Å². The zero-order valence-corrected chi connectivity index (χ0v) is 79.4. The number of rotatable bonds is 46. The fourth-order valence-electron chi connectivity index (χ4n) is 11.7. The first-order chi connectivity index (χ1) is 52.1. The number of phenols is 2. The molecule has 6 rings (SSSR count). The van der Waals surface area contributed by atoms with E-state index in [-0.39, 0.29) is 64.2 Å². The van der Waals surface area contributed by atoms with E-state index in [1.807, 2.05) is 0 Å². The average Bonchev–Trinajstić information content (AvgIpc) is 0.869. The fourth-order valence-corrected chi connectivity index (χ4v) is 37.9. The second-order valence-corrected chi connectivity index (χ2v) is 71.7. The predicted octanol–water partition coefficient (Wildman–Crippen LogP) is 20.1. The number of hydrogen-bond acceptors (Lipinski definition) is 26. The Kier molecular flexibility index (Phi) is 37.0. The maximum absolute atomic E-state index is 12.9. The summed E-state index contributed by atoms with van der Waals surface area (Å²) in [4.78, 5) is 78.6. The maximum atomic E-state index is 12.9. The Bertz CT molecular complexity index is 3740. The van der Waals surface area contributed by atoms with Crippen molar-refractivity contribution >= 4 is 149 Å². The van der Waals surface area contributed by atoms with Crippen LogP contribution in [0.5, 0.6) is 11.5 Å². The topological polar surface area (TPSA) is 332 Å². The standard InChI is InChI=1S/C43H72N6O8Si3.C35H60N6O6Si5/c1-12-16-19-31(14-3)29-54-39(52)35-23-21-33(27-37(35)50)45-42-47-41(44-25-18-26-60(11,56-58(5,6)7)57-59(8,9)10)48-43(49-42)46-34-22-24-36(38(51)28-34)40(53)55-30-32(15-4)20-17-13-2;1-48(2,3)25-44-31(42)27-15-19-29(20-16-27)37-34-39-33(36-23-14-24-52(13,46-50(7,8)9)47-51(10,11)12)40-35(41-34)38-30-21-17-28(18-22-30)32(43)45-26-49(4,5)6/h21-24,27-28,31-32,50-51H,12-20,25-26,29-30H2,1-11H3,(H3,44,45,46,47,48,49);15-22H,14,23-26H2,1-13H3,(H3,36,37,38,39,40,41). The second-order valence-electron chi connectivity index (χ2n) is 35.2. The van der Waals surface area contributed by atoms with Crippen molar-refractivity contribution in [2.45, 2.75) is 235 Å². The molecule has 0 amide bonds. The molecule has 0 aliphatic rings. The first kappa shape index (κ1) is 95.3. The van der Waals surface area contributed by atoms with Gasteiger partial charge in [0.1, 0.15) is 22.6 Å². The van der Waals surface area contributed by atoms with E-state index in [2.05, 4.69) is 220 Å². The van der Waals surface area contributed by atoms with Gasteiger partial charge in [-0.25, -0.2) is 19.2 Å². The highest BCUT2D eigenvalue weighted by Gasteiger charge is 2.41. The summed E-state index contributed by atoms with van der Waals surface area (Å²) in [6.07, 6.45) is 10.6. The number of phenolic OH excluding ortho intramolecular Hbond substituents is 2. The summed E-state index contributed by atoms with van der Waals surface area (Å²) in [5, 5.41) is 41.1. The SMILES string of the molecule is CCCCC(CC)COC(=O)c1ccc(Nc2nc(NCCC[Si](C)(O[Si](C)(C)C)O[Si](C)(C)C)nc(Nc3ccc(C(=O)OCC(CC)CCCC)c(O)c3)n2)cc1O.C[Si](C)(C)COC(=O)c1ccc(Nc2nc(NCCC[Si](C)(O[Si](C)(C)C)O[Si](C)(C)C)nc(Nc3ccc(C(=O)OC[Si](C)(C)C)cc3)n2)cc1. The van der Waals surface area contributed by atoms with Crippen molar-refractivity contribution in [3.63, 3.8) is 0 Å². The fraction of sp³-hybridized carbons (Fsp3) is 0.564. The number of nitrogens with zero attached hydrogens (tertiary/aromatic N) is 6. The minimum absolute atomic E-state index is 0.0619. The van der Waals surface area contributed by atoms with Crippen molar-refractivity contribution in [1.29, 1.82) is 0 Å². The van der Waals surface area contributed by atoms with Gasteiger partial charge in [-0.2, -0.15) is 29.9 Å². The molecule has 2 unspecified atom stereocenters. The summed E-state index contributed by atoms with van der Waals surface area (Å²) < 4.78 is 48.9. The second kappa shape index (κ2) is 43.5. The Labute approximate surface area is 675 Å². The van der Waals surface area contributed by atoms with Gasteiger partial charge in [0.25, 0.3) is 0 Å². The number of anilines is 10. The summed E-state index contributed by atoms with van der Waals surface area (Å²) >= 11 is 0. The molecule has 2 heterocycles. The van der Waals surface area contributed by atoms with Crippen molar-refractivity contribution in [2.24, 2.45) is 11.8 Å². The Morgan fingerprint density at radius 2 is 0.652 bits per heavy atom. The van der Waals surface area contributed by atoms with E-state index in [1.165, 1.54) is 24.3 Å². The van der Waals surface area contributed by atoms with Gasteiger partial charge in [-0.15, -0.1) is 0 Å². The van der Waals surface area contributed by atoms with E-state index >= 15 is 0 Å². The summed E-state index contributed by atoms with van der Waals surface area (Å²) in [6, 6.07) is 24.8. The summed E-state index contributed by atoms with van der Waals surface area (Å²) in [5.41, 5.74) is 3.32. The molecule has 2 atom stereocenters. The molecule has 0 saturated carbocycles. The molecule has 8 N–H and O–H groups in total. The van der Waals surface area contributed by atoms with Crippen molar-refractivity contribution in [2.75, 3.05) is 70.7 Å². The number of aromatic nitrogens is 6. The molecule has 34 heteroatoms. The minimum atomic E-state index is -2.46. The highest BCUT2D eigenvalue weighted by molar-refractivity contribution is 6.88. The van der Waals surface area contributed by atoms with Gasteiger partial charge in [-0.05, 0) is 214 Å². The highest BCUT2D eigenvalue weighted by atomic mass is 28.5. The van der Waals surface area contributed by atoms with Crippen molar-refractivity contribution in [1.82, 2.24) is 29.9 Å². The minimum Gasteiger partial charge on any atom is -0.507 e. The van der Waals surface area contributed by atoms with Gasteiger partial charge in [0, 0.05) is 48.0 Å². The molecule has 0 radical (unpaired) electrons. The quantitative estimate of drug-likeness (QED) is 0.00762. The number of esters is 4. The Morgan fingerprint density at radius 1 is 0.366 bits per heavy atom. The smallest absolute Gasteiger partial charge is 0.341 e. The van der Waals surface area contributed by atoms with Crippen molar-refractivity contribution in [3.8, 4) is 11.5 Å². The van der Waals surface area contributed by atoms with Gasteiger partial charge in [0.15, 0.2) is 33.3 Å². The summed E-state index contributed by atoms with van der Waals surface area (Å²) in [6.45, 7) is 53.8. The molecule has 26 nitrogen and oxygen atoms in total. The monoisotopic (exact) mass is 1680 g/mol. The van der Waals surface area contributed by atoms with Crippen LogP contribution in [0.4, 0.5) is 58.4 Å². The van der Waals surface area contributed by atoms with Crippen molar-refractivity contribution < 1.29 is 64.8 Å². The number of nitrogens with one attached hydrogen (secondary N) is 6. The van der Waals surface area contributed by atoms with E-state index in [9.17, 15) is 29.4 Å². The normalized spacial score (nSPS) is 12.9. The first-order valence-corrected chi connectivity index (χ1v) is 65.7. The molecule has 2 aromatic heterocycles. The van der Waals surface area contributed by atoms with E-state index in [0.717, 1.165) is 76.3 Å². The maximum Gasteiger partial charge on any atom is 0.341 e. The van der Waals surface area contributed by atoms with Crippen LogP contribution in [-0.2, 0) is 35.4 Å². The lowest BCUT2D eigenvalue weighted by atomic mass is 10.0. The lowest BCUT2D eigenvalue weighted by molar-refractivity contribution is 0.0416. The van der Waals surface area contributed by atoms with E-state index in [1.54, 1.807) is 60.7 Å². The molecule has 112 heavy (non-hydrogen) atoms. The molecule has 4 aromatic carbocycles. The molecule has 0 spiro atoms. The van der Waals surface area contributed by atoms with E-state index < -0.39 is 78.5 Å². The summed E-state index contributed by atoms with van der Waals surface area (Å²) in [5.74, 6) is -0.234. The Balaban J connectivity index is 0.000000405. The molecule has 0 aliphatic heterocycles. The zero-order valence-electron chi connectivity index (χ0n) is 71.4. The van der Waals surface area contributed by atoms with Gasteiger partial charge < -0.3 is 77.5 Å². The Hall–Kier alpha value is -7.24. The molecular formula is C78H132N12O14Si8. The number of unbranched alkanes of at least 4 members (excludes halogenated alkanes) is 2. The third-order valence-electron chi connectivity index (χ3n) is 16.5. The lowest BCUT2D eigenvalue weighted by Gasteiger charge is -2.38. The number of hydrogen-bond donors (Lipinski definition) is 8. The van der Waals surface area contributed by atoms with E-state index in [0.29, 0.717) is 90.5 Å². The highest BCUT2D eigenvalue weighted by Crippen LogP contribution is 2.32. The third-order valence-corrected chi connectivity index (χ3v) is 37.8. The van der Waals surface area contributed by atoms with Gasteiger partial charge in [-0.3, -0.25) is 0 Å². The molecule has 0 bridgehead atoms. The number of ether oxygens (including phenoxy) is 4. The molecular weight excluding hydrogens is 1550 g/mol. The molecule has 620 valence electrons. The van der Waals surface area contributed by atoms with Crippen LogP contribution in [0.25, 0.3) is 0 Å². The number of aromatic hydroxyl groups is 2. The van der Waals surface area contributed by atoms with Gasteiger partial charge >= 0.3 is 41.0 Å². The number of carbonyl (C=O) groups excluding carboxylic acids is 4. The average molecular weight is 1690 g/mol. The van der Waals surface area contributed by atoms with Crippen LogP contribution in [-0.4, -0.2) is 169 Å². The van der Waals surface area contributed by atoms with Crippen LogP contribution >= 0.6 is 0 Å². The predicted molar refractivity (Wildman–Crippen MR) is 473 cm³/mol. The van der Waals surface area contributed by atoms with Crippen LogP contribution in [0.2, 0.25) is 143 Å². The largest absolute Gasteiger partial charge is 0.507 e. The van der Waals surface area contributed by atoms with Crippen LogP contribution in [0.1, 0.15) is 133 Å².